The van der Waals surface area contributed by atoms with Crippen molar-refractivity contribution in [3.63, 3.8) is 0 Å². The molecule has 0 saturated carbocycles. The van der Waals surface area contributed by atoms with Gasteiger partial charge in [0.25, 0.3) is 0 Å². The minimum absolute atomic E-state index is 0.0714. The van der Waals surface area contributed by atoms with E-state index in [1.165, 1.54) is 0 Å². The van der Waals surface area contributed by atoms with Crippen LogP contribution in [-0.4, -0.2) is 17.6 Å². The minimum Gasteiger partial charge on any atom is -0.409 e. The van der Waals surface area contributed by atoms with E-state index in [9.17, 15) is 0 Å². The van der Waals surface area contributed by atoms with Gasteiger partial charge in [-0.1, -0.05) is 33.2 Å². The maximum absolute atomic E-state index is 8.25. The predicted molar refractivity (Wildman–Crippen MR) is 57.2 cm³/mol. The number of oxime groups is 1. The Balaban J connectivity index is 2.35. The molecule has 0 saturated heterocycles. The van der Waals surface area contributed by atoms with E-state index in [1.807, 2.05) is 24.3 Å². The van der Waals surface area contributed by atoms with Crippen molar-refractivity contribution in [2.24, 2.45) is 10.9 Å². The lowest BCUT2D eigenvalue weighted by atomic mass is 10.2. The molecule has 0 aliphatic rings. The zero-order chi connectivity index (χ0) is 10.4. The standard InChI is InChI=1S/C9H11BrN2O2/c10-8-3-1-7(2-4-8)5-14-6-9(11)12-13/h1-4,13H,5-6H2,(H2,11,12). The molecule has 1 aromatic carbocycles. The molecule has 14 heavy (non-hydrogen) atoms. The number of halogens is 1. The third-order valence-electron chi connectivity index (χ3n) is 1.56. The minimum atomic E-state index is 0.0714. The number of amidine groups is 1. The van der Waals surface area contributed by atoms with Gasteiger partial charge in [-0.05, 0) is 17.7 Å². The van der Waals surface area contributed by atoms with Gasteiger partial charge in [0.2, 0.25) is 0 Å². The average molecular weight is 259 g/mol. The summed E-state index contributed by atoms with van der Waals surface area (Å²) < 4.78 is 6.21. The zero-order valence-electron chi connectivity index (χ0n) is 7.48. The zero-order valence-corrected chi connectivity index (χ0v) is 9.07. The van der Waals surface area contributed by atoms with E-state index in [4.69, 9.17) is 15.7 Å². The summed E-state index contributed by atoms with van der Waals surface area (Å²) >= 11 is 3.34. The fourth-order valence-corrected chi connectivity index (χ4v) is 1.15. The molecular formula is C9H11BrN2O2. The smallest absolute Gasteiger partial charge is 0.165 e. The molecular weight excluding hydrogens is 248 g/mol. The Morgan fingerprint density at radius 3 is 2.64 bits per heavy atom. The molecule has 1 aromatic rings. The quantitative estimate of drug-likeness (QED) is 0.374. The highest BCUT2D eigenvalue weighted by atomic mass is 79.9. The summed E-state index contributed by atoms with van der Waals surface area (Å²) in [5.74, 6) is 0.0714. The van der Waals surface area contributed by atoms with Crippen LogP contribution in [0.1, 0.15) is 5.56 Å². The van der Waals surface area contributed by atoms with Crippen LogP contribution in [0.5, 0.6) is 0 Å². The number of hydrogen-bond donors (Lipinski definition) is 2. The van der Waals surface area contributed by atoms with Crippen LogP contribution in [0.4, 0.5) is 0 Å². The molecule has 0 spiro atoms. The summed E-state index contributed by atoms with van der Waals surface area (Å²) in [6.07, 6.45) is 0. The number of ether oxygens (including phenoxy) is 1. The van der Waals surface area contributed by atoms with Crippen molar-refractivity contribution in [1.29, 1.82) is 0 Å². The second-order valence-corrected chi connectivity index (χ2v) is 3.63. The lowest BCUT2D eigenvalue weighted by molar-refractivity contribution is 0.154. The van der Waals surface area contributed by atoms with Gasteiger partial charge in [0.15, 0.2) is 5.84 Å². The third-order valence-corrected chi connectivity index (χ3v) is 2.09. The van der Waals surface area contributed by atoms with Crippen LogP contribution in [0.2, 0.25) is 0 Å². The van der Waals surface area contributed by atoms with Gasteiger partial charge in [-0.25, -0.2) is 0 Å². The Kier molecular flexibility index (Phi) is 4.42. The molecule has 0 bridgehead atoms. The Labute approximate surface area is 90.5 Å². The number of rotatable bonds is 4. The van der Waals surface area contributed by atoms with Crippen LogP contribution in [0, 0.1) is 0 Å². The molecule has 0 aromatic heterocycles. The van der Waals surface area contributed by atoms with E-state index in [-0.39, 0.29) is 12.4 Å². The molecule has 0 fully saturated rings. The first-order valence-electron chi connectivity index (χ1n) is 4.01. The lowest BCUT2D eigenvalue weighted by Crippen LogP contribution is -2.18. The van der Waals surface area contributed by atoms with Crippen molar-refractivity contribution in [1.82, 2.24) is 0 Å². The molecule has 1 rings (SSSR count). The Hall–Kier alpha value is -1.07. The topological polar surface area (TPSA) is 67.8 Å². The predicted octanol–water partition coefficient (Wildman–Crippen LogP) is 1.71. The lowest BCUT2D eigenvalue weighted by Gasteiger charge is -2.02. The van der Waals surface area contributed by atoms with E-state index in [1.54, 1.807) is 0 Å². The normalized spacial score (nSPS) is 11.6. The Morgan fingerprint density at radius 1 is 1.43 bits per heavy atom. The van der Waals surface area contributed by atoms with Crippen molar-refractivity contribution >= 4 is 21.8 Å². The number of nitrogens with two attached hydrogens (primary N) is 1. The van der Waals surface area contributed by atoms with Gasteiger partial charge in [0, 0.05) is 4.47 Å². The Morgan fingerprint density at radius 2 is 2.07 bits per heavy atom. The fourth-order valence-electron chi connectivity index (χ4n) is 0.883. The maximum atomic E-state index is 8.25. The molecule has 76 valence electrons. The molecule has 3 N–H and O–H groups in total. The van der Waals surface area contributed by atoms with Crippen LogP contribution in [-0.2, 0) is 11.3 Å². The van der Waals surface area contributed by atoms with Crippen LogP contribution in [0.15, 0.2) is 33.9 Å². The molecule has 0 atom stereocenters. The summed E-state index contributed by atoms with van der Waals surface area (Å²) in [5, 5.41) is 11.0. The largest absolute Gasteiger partial charge is 0.409 e. The van der Waals surface area contributed by atoms with Crippen molar-refractivity contribution in [2.45, 2.75) is 6.61 Å². The highest BCUT2D eigenvalue weighted by Gasteiger charge is 1.95. The molecule has 0 radical (unpaired) electrons. The highest BCUT2D eigenvalue weighted by molar-refractivity contribution is 9.10. The van der Waals surface area contributed by atoms with Gasteiger partial charge in [-0.3, -0.25) is 0 Å². The van der Waals surface area contributed by atoms with Crippen molar-refractivity contribution in [3.8, 4) is 0 Å². The summed E-state index contributed by atoms with van der Waals surface area (Å²) in [6.45, 7) is 0.579. The second-order valence-electron chi connectivity index (χ2n) is 2.71. The van der Waals surface area contributed by atoms with Crippen molar-refractivity contribution in [3.05, 3.63) is 34.3 Å². The summed E-state index contributed by atoms with van der Waals surface area (Å²) in [6, 6.07) is 7.75. The monoisotopic (exact) mass is 258 g/mol. The molecule has 0 unspecified atom stereocenters. The summed E-state index contributed by atoms with van der Waals surface area (Å²) in [5.41, 5.74) is 6.27. The average Bonchev–Trinajstić information content (AvgIpc) is 2.21. The summed E-state index contributed by atoms with van der Waals surface area (Å²) in [4.78, 5) is 0. The van der Waals surface area contributed by atoms with E-state index in [0.29, 0.717) is 6.61 Å². The maximum Gasteiger partial charge on any atom is 0.165 e. The van der Waals surface area contributed by atoms with Gasteiger partial charge < -0.3 is 15.7 Å². The third kappa shape index (κ3) is 3.76. The van der Waals surface area contributed by atoms with Gasteiger partial charge in [-0.15, -0.1) is 0 Å². The molecule has 4 nitrogen and oxygen atoms in total. The second kappa shape index (κ2) is 5.62. The van der Waals surface area contributed by atoms with Crippen LogP contribution in [0.3, 0.4) is 0 Å². The molecule has 0 aliphatic carbocycles. The first-order chi connectivity index (χ1) is 6.72. The van der Waals surface area contributed by atoms with E-state index < -0.39 is 0 Å². The SMILES string of the molecule is N/C(COCc1ccc(Br)cc1)=N/O. The van der Waals surface area contributed by atoms with E-state index >= 15 is 0 Å². The number of nitrogens with zero attached hydrogens (tertiary/aromatic N) is 1. The van der Waals surface area contributed by atoms with E-state index in [2.05, 4.69) is 21.1 Å². The van der Waals surface area contributed by atoms with Gasteiger partial charge in [0.1, 0.15) is 6.61 Å². The summed E-state index contributed by atoms with van der Waals surface area (Å²) in [7, 11) is 0. The molecule has 0 aliphatic heterocycles. The van der Waals surface area contributed by atoms with Crippen molar-refractivity contribution in [2.75, 3.05) is 6.61 Å². The number of hydrogen-bond acceptors (Lipinski definition) is 3. The molecule has 0 heterocycles. The van der Waals surface area contributed by atoms with Gasteiger partial charge in [-0.2, -0.15) is 0 Å². The first-order valence-corrected chi connectivity index (χ1v) is 4.80. The van der Waals surface area contributed by atoms with Crippen molar-refractivity contribution < 1.29 is 9.94 Å². The molecule has 0 amide bonds. The fraction of sp³-hybridized carbons (Fsp3) is 0.222. The molecule has 5 heteroatoms. The first kappa shape index (κ1) is 11.0. The van der Waals surface area contributed by atoms with E-state index in [0.717, 1.165) is 10.0 Å². The van der Waals surface area contributed by atoms with Crippen LogP contribution in [0.25, 0.3) is 0 Å². The number of benzene rings is 1. The van der Waals surface area contributed by atoms with Gasteiger partial charge >= 0.3 is 0 Å². The van der Waals surface area contributed by atoms with Crippen LogP contribution >= 0.6 is 15.9 Å². The Bertz CT molecular complexity index is 311. The van der Waals surface area contributed by atoms with Gasteiger partial charge in [0.05, 0.1) is 6.61 Å². The highest BCUT2D eigenvalue weighted by Crippen LogP contribution is 2.10. The van der Waals surface area contributed by atoms with Crippen LogP contribution < -0.4 is 5.73 Å².